The summed E-state index contributed by atoms with van der Waals surface area (Å²) in [6, 6.07) is 10.7. The van der Waals surface area contributed by atoms with Gasteiger partial charge in [0.15, 0.2) is 11.6 Å². The average molecular weight is 475 g/mol. The summed E-state index contributed by atoms with van der Waals surface area (Å²) in [5.41, 5.74) is 1.37. The lowest BCUT2D eigenvalue weighted by Crippen LogP contribution is -2.30. The van der Waals surface area contributed by atoms with Crippen LogP contribution in [0.2, 0.25) is 0 Å². The first kappa shape index (κ1) is 24.2. The number of nitrogens with zero attached hydrogens (tertiary/aromatic N) is 1. The molecule has 0 aliphatic carbocycles. The van der Waals surface area contributed by atoms with Crippen molar-refractivity contribution in [1.29, 1.82) is 0 Å². The highest BCUT2D eigenvalue weighted by molar-refractivity contribution is 8.01. The molecule has 5 nitrogen and oxygen atoms in total. The molecule has 1 atom stereocenters. The number of ether oxygens (including phenoxy) is 2. The maximum atomic E-state index is 15.0. The largest absolute Gasteiger partial charge is 0.483 e. The SMILES string of the molecule is COc1cc(CNC(=O)C(O/C=C/SC)c2ccc(-c3ccc(F)c(F)c3)cc2F)ccn1. The van der Waals surface area contributed by atoms with Crippen LogP contribution >= 0.6 is 11.8 Å². The molecule has 3 rings (SSSR count). The molecule has 0 saturated heterocycles. The van der Waals surface area contributed by atoms with Crippen LogP contribution in [0.25, 0.3) is 11.1 Å². The first-order valence-corrected chi connectivity index (χ1v) is 11.1. The van der Waals surface area contributed by atoms with Gasteiger partial charge in [-0.1, -0.05) is 18.2 Å². The van der Waals surface area contributed by atoms with Gasteiger partial charge in [-0.15, -0.1) is 11.8 Å². The van der Waals surface area contributed by atoms with Gasteiger partial charge in [0, 0.05) is 29.8 Å². The molecule has 0 aliphatic heterocycles. The number of hydrogen-bond acceptors (Lipinski definition) is 5. The third-order valence-electron chi connectivity index (χ3n) is 4.66. The second kappa shape index (κ2) is 11.4. The lowest BCUT2D eigenvalue weighted by atomic mass is 10.0. The van der Waals surface area contributed by atoms with Gasteiger partial charge in [0.1, 0.15) is 5.82 Å². The smallest absolute Gasteiger partial charge is 0.266 e. The molecule has 1 aromatic heterocycles. The van der Waals surface area contributed by atoms with Crippen molar-refractivity contribution in [2.24, 2.45) is 0 Å². The van der Waals surface area contributed by atoms with E-state index in [1.54, 1.807) is 23.7 Å². The zero-order chi connectivity index (χ0) is 23.8. The van der Waals surface area contributed by atoms with E-state index in [2.05, 4.69) is 10.3 Å². The van der Waals surface area contributed by atoms with E-state index < -0.39 is 29.5 Å². The fraction of sp³-hybridized carbons (Fsp3) is 0.167. The molecule has 0 aliphatic rings. The predicted molar refractivity (Wildman–Crippen MR) is 121 cm³/mol. The van der Waals surface area contributed by atoms with Crippen LogP contribution in [0.5, 0.6) is 5.88 Å². The van der Waals surface area contributed by atoms with Crippen molar-refractivity contribution in [1.82, 2.24) is 10.3 Å². The first-order chi connectivity index (χ1) is 15.9. The Morgan fingerprint density at radius 3 is 2.45 bits per heavy atom. The molecule has 2 aromatic carbocycles. The Kier molecular flexibility index (Phi) is 8.37. The number of carbonyl (C=O) groups is 1. The summed E-state index contributed by atoms with van der Waals surface area (Å²) >= 11 is 1.35. The number of rotatable bonds is 9. The molecule has 1 amide bonds. The monoisotopic (exact) mass is 474 g/mol. The van der Waals surface area contributed by atoms with Crippen molar-refractivity contribution < 1.29 is 27.4 Å². The van der Waals surface area contributed by atoms with Gasteiger partial charge in [0.05, 0.1) is 13.4 Å². The Morgan fingerprint density at radius 2 is 1.79 bits per heavy atom. The van der Waals surface area contributed by atoms with Crippen LogP contribution in [-0.4, -0.2) is 24.3 Å². The molecule has 0 saturated carbocycles. The normalized spacial score (nSPS) is 11.9. The van der Waals surface area contributed by atoms with E-state index in [4.69, 9.17) is 9.47 Å². The standard InChI is InChI=1S/C24H21F3N2O3S/c1-31-22-11-15(7-8-28-22)14-29-24(30)23(32-9-10-33-2)18-5-3-16(12-20(18)26)17-4-6-19(25)21(27)13-17/h3-13,23H,14H2,1-2H3,(H,29,30)/b10-9+. The molecule has 0 fully saturated rings. The van der Waals surface area contributed by atoms with E-state index >= 15 is 4.39 Å². The number of carbonyl (C=O) groups excluding carboxylic acids is 1. The Morgan fingerprint density at radius 1 is 1.06 bits per heavy atom. The number of pyridine rings is 1. The fourth-order valence-electron chi connectivity index (χ4n) is 2.99. The summed E-state index contributed by atoms with van der Waals surface area (Å²) in [5.74, 6) is -2.91. The van der Waals surface area contributed by atoms with Crippen molar-refractivity contribution >= 4 is 17.7 Å². The van der Waals surface area contributed by atoms with Gasteiger partial charge in [0.2, 0.25) is 12.0 Å². The summed E-state index contributed by atoms with van der Waals surface area (Å²) in [7, 11) is 1.49. The van der Waals surface area contributed by atoms with Crippen LogP contribution in [-0.2, 0) is 16.1 Å². The maximum Gasteiger partial charge on any atom is 0.266 e. The van der Waals surface area contributed by atoms with Gasteiger partial charge >= 0.3 is 0 Å². The number of methoxy groups -OCH3 is 1. The van der Waals surface area contributed by atoms with E-state index in [1.165, 1.54) is 43.3 Å². The van der Waals surface area contributed by atoms with Crippen LogP contribution in [0.4, 0.5) is 13.2 Å². The second-order valence-corrected chi connectivity index (χ2v) is 7.56. The topological polar surface area (TPSA) is 60.5 Å². The third kappa shape index (κ3) is 6.29. The molecule has 0 bridgehead atoms. The minimum atomic E-state index is -1.27. The molecular weight excluding hydrogens is 453 g/mol. The zero-order valence-corrected chi connectivity index (χ0v) is 18.7. The van der Waals surface area contributed by atoms with Crippen molar-refractivity contribution in [2.75, 3.05) is 13.4 Å². The maximum absolute atomic E-state index is 15.0. The quantitative estimate of drug-likeness (QED) is 0.422. The Hall–Kier alpha value is -3.46. The number of aromatic nitrogens is 1. The summed E-state index contributed by atoms with van der Waals surface area (Å²) in [4.78, 5) is 16.9. The van der Waals surface area contributed by atoms with Crippen LogP contribution < -0.4 is 10.1 Å². The minimum Gasteiger partial charge on any atom is -0.483 e. The highest BCUT2D eigenvalue weighted by Gasteiger charge is 2.25. The Balaban J connectivity index is 1.83. The van der Waals surface area contributed by atoms with Crippen LogP contribution in [0.15, 0.2) is 66.4 Å². The predicted octanol–water partition coefficient (Wildman–Crippen LogP) is 5.38. The molecule has 33 heavy (non-hydrogen) atoms. The molecule has 0 spiro atoms. The Bertz CT molecular complexity index is 1160. The molecule has 0 radical (unpaired) electrons. The fourth-order valence-corrected chi connectivity index (χ4v) is 3.17. The lowest BCUT2D eigenvalue weighted by Gasteiger charge is -2.18. The number of halogens is 3. The van der Waals surface area contributed by atoms with E-state index in [0.717, 1.165) is 23.8 Å². The number of nitrogens with one attached hydrogen (secondary N) is 1. The lowest BCUT2D eigenvalue weighted by molar-refractivity contribution is -0.130. The molecule has 1 heterocycles. The van der Waals surface area contributed by atoms with E-state index in [9.17, 15) is 13.6 Å². The molecule has 9 heteroatoms. The van der Waals surface area contributed by atoms with Crippen molar-refractivity contribution in [3.8, 4) is 17.0 Å². The molecule has 172 valence electrons. The van der Waals surface area contributed by atoms with Crippen molar-refractivity contribution in [3.63, 3.8) is 0 Å². The summed E-state index contributed by atoms with van der Waals surface area (Å²) in [6.07, 6.45) is 3.40. The van der Waals surface area contributed by atoms with Crippen molar-refractivity contribution in [2.45, 2.75) is 12.6 Å². The molecule has 1 N–H and O–H groups in total. The third-order valence-corrected chi connectivity index (χ3v) is 5.04. The van der Waals surface area contributed by atoms with Crippen LogP contribution in [0.3, 0.4) is 0 Å². The molecule has 3 aromatic rings. The van der Waals surface area contributed by atoms with Crippen LogP contribution in [0.1, 0.15) is 17.2 Å². The van der Waals surface area contributed by atoms with E-state index in [0.29, 0.717) is 17.0 Å². The summed E-state index contributed by atoms with van der Waals surface area (Å²) in [6.45, 7) is 0.151. The zero-order valence-electron chi connectivity index (χ0n) is 17.8. The number of amides is 1. The summed E-state index contributed by atoms with van der Waals surface area (Å²) in [5, 5.41) is 4.33. The van der Waals surface area contributed by atoms with Gasteiger partial charge in [-0.05, 0) is 47.2 Å². The molecular formula is C24H21F3N2O3S. The Labute approximate surface area is 193 Å². The summed E-state index contributed by atoms with van der Waals surface area (Å²) < 4.78 is 52.4. The highest BCUT2D eigenvalue weighted by Crippen LogP contribution is 2.28. The van der Waals surface area contributed by atoms with Crippen molar-refractivity contribution in [3.05, 3.63) is 95.0 Å². The van der Waals surface area contributed by atoms with Gasteiger partial charge in [0.25, 0.3) is 5.91 Å². The minimum absolute atomic E-state index is 0.00287. The van der Waals surface area contributed by atoms with Gasteiger partial charge in [-0.2, -0.15) is 0 Å². The van der Waals surface area contributed by atoms with E-state index in [-0.39, 0.29) is 12.1 Å². The van der Waals surface area contributed by atoms with Gasteiger partial charge < -0.3 is 14.8 Å². The highest BCUT2D eigenvalue weighted by atomic mass is 32.2. The average Bonchev–Trinajstić information content (AvgIpc) is 2.82. The van der Waals surface area contributed by atoms with Gasteiger partial charge in [-0.3, -0.25) is 4.79 Å². The second-order valence-electron chi connectivity index (χ2n) is 6.81. The number of hydrogen-bond donors (Lipinski definition) is 1. The number of benzene rings is 2. The first-order valence-electron chi connectivity index (χ1n) is 9.77. The number of thioether (sulfide) groups is 1. The van der Waals surface area contributed by atoms with Crippen LogP contribution in [0, 0.1) is 17.5 Å². The molecule has 1 unspecified atom stereocenters. The van der Waals surface area contributed by atoms with E-state index in [1.807, 2.05) is 6.26 Å². The van der Waals surface area contributed by atoms with Gasteiger partial charge in [-0.25, -0.2) is 18.2 Å².